The minimum Gasteiger partial charge on any atom is -0.486 e. The lowest BCUT2D eigenvalue weighted by Crippen LogP contribution is -2.18. The predicted molar refractivity (Wildman–Crippen MR) is 68.9 cm³/mol. The highest BCUT2D eigenvalue weighted by molar-refractivity contribution is 5.50. The van der Waals surface area contributed by atoms with Crippen LogP contribution in [0, 0.1) is 0 Å². The van der Waals surface area contributed by atoms with Crippen molar-refractivity contribution in [1.82, 2.24) is 0 Å². The van der Waals surface area contributed by atoms with Crippen molar-refractivity contribution in [3.05, 3.63) is 35.4 Å². The van der Waals surface area contributed by atoms with E-state index in [1.807, 2.05) is 18.2 Å². The number of ether oxygens (including phenoxy) is 2. The van der Waals surface area contributed by atoms with E-state index in [9.17, 15) is 5.11 Å². The third-order valence-electron chi connectivity index (χ3n) is 3.57. The fourth-order valence-electron chi connectivity index (χ4n) is 2.62. The number of aliphatic hydroxyl groups excluding tert-OH is 1. The van der Waals surface area contributed by atoms with Crippen LogP contribution in [0.15, 0.2) is 29.8 Å². The Bertz CT molecular complexity index is 465. The van der Waals surface area contributed by atoms with Crippen molar-refractivity contribution >= 4 is 0 Å². The Morgan fingerprint density at radius 2 is 2.00 bits per heavy atom. The molecule has 0 fully saturated rings. The summed E-state index contributed by atoms with van der Waals surface area (Å²) in [4.78, 5) is 0. The molecule has 0 bridgehead atoms. The maximum Gasteiger partial charge on any atom is 0.167 e. The zero-order valence-electron chi connectivity index (χ0n) is 10.4. The molecule has 0 aromatic heterocycles. The van der Waals surface area contributed by atoms with Gasteiger partial charge in [-0.1, -0.05) is 18.2 Å². The van der Waals surface area contributed by atoms with Gasteiger partial charge in [-0.05, 0) is 37.3 Å². The summed E-state index contributed by atoms with van der Waals surface area (Å²) in [6.07, 6.45) is 6.04. The fraction of sp³-hybridized carbons (Fsp3) is 0.467. The number of fused-ring (bicyclic) bond motifs is 1. The van der Waals surface area contributed by atoms with E-state index >= 15 is 0 Å². The van der Waals surface area contributed by atoms with Gasteiger partial charge < -0.3 is 14.6 Å². The van der Waals surface area contributed by atoms with Crippen molar-refractivity contribution in [1.29, 1.82) is 0 Å². The van der Waals surface area contributed by atoms with Crippen LogP contribution in [-0.2, 0) is 0 Å². The van der Waals surface area contributed by atoms with Gasteiger partial charge in [0.15, 0.2) is 11.5 Å². The molecule has 0 saturated heterocycles. The number of hydrogen-bond acceptors (Lipinski definition) is 3. The van der Waals surface area contributed by atoms with Gasteiger partial charge in [0.2, 0.25) is 0 Å². The molecule has 1 heterocycles. The molecule has 1 atom stereocenters. The Balaban J connectivity index is 1.93. The van der Waals surface area contributed by atoms with Crippen LogP contribution in [0.5, 0.6) is 11.5 Å². The average molecular weight is 246 g/mol. The Hall–Kier alpha value is -1.48. The van der Waals surface area contributed by atoms with E-state index in [0.717, 1.165) is 36.1 Å². The number of aliphatic hydroxyl groups is 1. The van der Waals surface area contributed by atoms with E-state index in [2.05, 4.69) is 6.08 Å². The van der Waals surface area contributed by atoms with Gasteiger partial charge >= 0.3 is 0 Å². The lowest BCUT2D eigenvalue weighted by molar-refractivity contribution is 0.156. The standard InChI is InChI=1S/C15H18O3/c16-14(11-5-2-1-3-6-11)12-7-4-8-13-15(12)18-10-9-17-13/h4-5,7-8,14,16H,1-3,6,9-10H2. The monoisotopic (exact) mass is 246 g/mol. The molecule has 0 radical (unpaired) electrons. The molecule has 3 heteroatoms. The van der Waals surface area contributed by atoms with Crippen molar-refractivity contribution in [2.24, 2.45) is 0 Å². The zero-order valence-corrected chi connectivity index (χ0v) is 10.4. The Morgan fingerprint density at radius 1 is 1.11 bits per heavy atom. The summed E-state index contributed by atoms with van der Waals surface area (Å²) in [6.45, 7) is 1.13. The highest BCUT2D eigenvalue weighted by Crippen LogP contribution is 2.40. The molecular formula is C15H18O3. The predicted octanol–water partition coefficient (Wildman–Crippen LogP) is 2.99. The molecule has 1 aliphatic carbocycles. The van der Waals surface area contributed by atoms with Crippen molar-refractivity contribution < 1.29 is 14.6 Å². The molecule has 1 aliphatic heterocycles. The van der Waals surface area contributed by atoms with Crippen LogP contribution in [0.3, 0.4) is 0 Å². The Morgan fingerprint density at radius 3 is 2.83 bits per heavy atom. The second kappa shape index (κ2) is 5.02. The topological polar surface area (TPSA) is 38.7 Å². The largest absolute Gasteiger partial charge is 0.486 e. The van der Waals surface area contributed by atoms with Gasteiger partial charge in [0, 0.05) is 5.56 Å². The number of para-hydroxylation sites is 1. The third-order valence-corrected chi connectivity index (χ3v) is 3.57. The molecule has 1 aromatic carbocycles. The van der Waals surface area contributed by atoms with Crippen LogP contribution in [0.25, 0.3) is 0 Å². The van der Waals surface area contributed by atoms with Gasteiger partial charge in [-0.2, -0.15) is 0 Å². The summed E-state index contributed by atoms with van der Waals surface area (Å²) in [5.74, 6) is 1.46. The van der Waals surface area contributed by atoms with Gasteiger partial charge in [0.1, 0.15) is 19.3 Å². The minimum absolute atomic E-state index is 0.551. The molecular weight excluding hydrogens is 228 g/mol. The van der Waals surface area contributed by atoms with E-state index in [0.29, 0.717) is 19.0 Å². The molecule has 3 rings (SSSR count). The zero-order chi connectivity index (χ0) is 12.4. The van der Waals surface area contributed by atoms with E-state index in [-0.39, 0.29) is 0 Å². The van der Waals surface area contributed by atoms with Crippen LogP contribution in [0.4, 0.5) is 0 Å². The third kappa shape index (κ3) is 2.10. The molecule has 0 saturated carbocycles. The second-order valence-corrected chi connectivity index (χ2v) is 4.80. The van der Waals surface area contributed by atoms with Crippen LogP contribution >= 0.6 is 0 Å². The normalized spacial score (nSPS) is 20.2. The van der Waals surface area contributed by atoms with Crippen LogP contribution in [-0.4, -0.2) is 18.3 Å². The number of allylic oxidation sites excluding steroid dienone is 1. The van der Waals surface area contributed by atoms with Crippen LogP contribution in [0.2, 0.25) is 0 Å². The van der Waals surface area contributed by atoms with Gasteiger partial charge in [-0.15, -0.1) is 0 Å². The molecule has 1 N–H and O–H groups in total. The Labute approximate surface area is 107 Å². The first-order chi connectivity index (χ1) is 8.86. The number of rotatable bonds is 2. The van der Waals surface area contributed by atoms with E-state index in [1.165, 1.54) is 6.42 Å². The van der Waals surface area contributed by atoms with Crippen molar-refractivity contribution in [2.75, 3.05) is 13.2 Å². The molecule has 1 aromatic rings. The number of benzene rings is 1. The highest BCUT2D eigenvalue weighted by atomic mass is 16.6. The van der Waals surface area contributed by atoms with Crippen molar-refractivity contribution in [3.63, 3.8) is 0 Å². The summed E-state index contributed by atoms with van der Waals surface area (Å²) in [7, 11) is 0. The lowest BCUT2D eigenvalue weighted by atomic mass is 9.91. The van der Waals surface area contributed by atoms with Crippen LogP contribution in [0.1, 0.15) is 37.4 Å². The summed E-state index contributed by atoms with van der Waals surface area (Å²) in [6, 6.07) is 5.73. The molecule has 3 nitrogen and oxygen atoms in total. The molecule has 96 valence electrons. The molecule has 2 aliphatic rings. The first-order valence-electron chi connectivity index (χ1n) is 6.62. The van der Waals surface area contributed by atoms with Gasteiger partial charge in [-0.3, -0.25) is 0 Å². The van der Waals surface area contributed by atoms with E-state index in [1.54, 1.807) is 0 Å². The summed E-state index contributed by atoms with van der Waals surface area (Å²) in [5.41, 5.74) is 1.95. The fourth-order valence-corrected chi connectivity index (χ4v) is 2.62. The summed E-state index contributed by atoms with van der Waals surface area (Å²) in [5, 5.41) is 10.5. The van der Waals surface area contributed by atoms with Crippen LogP contribution < -0.4 is 9.47 Å². The van der Waals surface area contributed by atoms with Gasteiger partial charge in [0.05, 0.1) is 0 Å². The van der Waals surface area contributed by atoms with Crippen molar-refractivity contribution in [3.8, 4) is 11.5 Å². The molecule has 0 spiro atoms. The smallest absolute Gasteiger partial charge is 0.167 e. The Kier molecular flexibility index (Phi) is 3.24. The molecule has 18 heavy (non-hydrogen) atoms. The van der Waals surface area contributed by atoms with Gasteiger partial charge in [0.25, 0.3) is 0 Å². The quantitative estimate of drug-likeness (QED) is 0.815. The van der Waals surface area contributed by atoms with Gasteiger partial charge in [-0.25, -0.2) is 0 Å². The first kappa shape index (κ1) is 11.6. The minimum atomic E-state index is -0.554. The average Bonchev–Trinajstić information content (AvgIpc) is 2.47. The molecule has 1 unspecified atom stereocenters. The SMILES string of the molecule is OC(C1=CCCCC1)c1cccc2c1OCCO2. The first-order valence-corrected chi connectivity index (χ1v) is 6.62. The van der Waals surface area contributed by atoms with Crippen molar-refractivity contribution in [2.45, 2.75) is 31.8 Å². The van der Waals surface area contributed by atoms with E-state index < -0.39 is 6.10 Å². The van der Waals surface area contributed by atoms with E-state index in [4.69, 9.17) is 9.47 Å². The highest BCUT2D eigenvalue weighted by Gasteiger charge is 2.23. The summed E-state index contributed by atoms with van der Waals surface area (Å²) < 4.78 is 11.2. The summed E-state index contributed by atoms with van der Waals surface area (Å²) >= 11 is 0. The number of hydrogen-bond donors (Lipinski definition) is 1. The lowest BCUT2D eigenvalue weighted by Gasteiger charge is -2.25. The maximum absolute atomic E-state index is 10.5. The molecule has 0 amide bonds. The second-order valence-electron chi connectivity index (χ2n) is 4.80. The maximum atomic E-state index is 10.5.